The minimum absolute atomic E-state index is 0.139. The predicted molar refractivity (Wildman–Crippen MR) is 85.1 cm³/mol. The van der Waals surface area contributed by atoms with Crippen LogP contribution in [0.5, 0.6) is 0 Å². The number of hydrogen-bond acceptors (Lipinski definition) is 3. The van der Waals surface area contributed by atoms with Gasteiger partial charge in [0.1, 0.15) is 0 Å². The summed E-state index contributed by atoms with van der Waals surface area (Å²) < 4.78 is 5.78. The number of carbonyl (C=O) groups is 1. The van der Waals surface area contributed by atoms with Gasteiger partial charge in [-0.05, 0) is 24.7 Å². The number of aliphatic carboxylic acids is 1. The minimum Gasteiger partial charge on any atom is -0.481 e. The Morgan fingerprint density at radius 3 is 2.24 bits per heavy atom. The Kier molecular flexibility index (Phi) is 9.14. The highest BCUT2D eigenvalue weighted by Crippen LogP contribution is 2.44. The Morgan fingerprint density at radius 1 is 1.33 bits per heavy atom. The standard InChI is InChI=1S/C14H28O2.C3H6O2/c1-10(2)13(15)16-12(4)14(5)9-7-6-8-11(14)3;1-2-3(4)5/h10-13,15H,6-9H2,1-5H3;2H2,1H3,(H,4,5). The molecule has 4 heteroatoms. The number of aliphatic hydroxyl groups is 1. The summed E-state index contributed by atoms with van der Waals surface area (Å²) in [5.41, 5.74) is 0.230. The third-order valence-corrected chi connectivity index (χ3v) is 4.87. The molecule has 0 heterocycles. The van der Waals surface area contributed by atoms with Crippen LogP contribution in [-0.2, 0) is 9.53 Å². The molecule has 0 radical (unpaired) electrons. The quantitative estimate of drug-likeness (QED) is 0.751. The van der Waals surface area contributed by atoms with Crippen molar-refractivity contribution >= 4 is 5.97 Å². The van der Waals surface area contributed by atoms with Gasteiger partial charge in [-0.2, -0.15) is 0 Å². The van der Waals surface area contributed by atoms with Gasteiger partial charge in [0.05, 0.1) is 6.10 Å². The number of hydrogen-bond donors (Lipinski definition) is 2. The van der Waals surface area contributed by atoms with Gasteiger partial charge in [0.15, 0.2) is 6.29 Å². The zero-order chi connectivity index (χ0) is 16.6. The summed E-state index contributed by atoms with van der Waals surface area (Å²) in [6.07, 6.45) is 4.89. The van der Waals surface area contributed by atoms with E-state index in [1.807, 2.05) is 13.8 Å². The minimum atomic E-state index is -0.745. The van der Waals surface area contributed by atoms with Gasteiger partial charge in [-0.3, -0.25) is 4.79 Å². The van der Waals surface area contributed by atoms with Crippen molar-refractivity contribution in [2.75, 3.05) is 0 Å². The Balaban J connectivity index is 0.000000690. The highest BCUT2D eigenvalue weighted by molar-refractivity contribution is 5.66. The summed E-state index contributed by atoms with van der Waals surface area (Å²) in [5, 5.41) is 17.5. The fraction of sp³-hybridized carbons (Fsp3) is 0.941. The Bertz CT molecular complexity index is 303. The molecule has 0 aromatic heterocycles. The SMILES string of the molecule is CC(C)C(O)OC(C)C1(C)CCCCC1C.CCC(=O)O. The molecule has 21 heavy (non-hydrogen) atoms. The second-order valence-electron chi connectivity index (χ2n) is 6.81. The lowest BCUT2D eigenvalue weighted by molar-refractivity contribution is -0.194. The highest BCUT2D eigenvalue weighted by Gasteiger charge is 2.40. The lowest BCUT2D eigenvalue weighted by Crippen LogP contribution is -2.42. The van der Waals surface area contributed by atoms with Crippen molar-refractivity contribution in [2.24, 2.45) is 17.3 Å². The zero-order valence-electron chi connectivity index (χ0n) is 14.6. The van der Waals surface area contributed by atoms with Crippen LogP contribution in [0.3, 0.4) is 0 Å². The van der Waals surface area contributed by atoms with E-state index in [1.54, 1.807) is 6.92 Å². The van der Waals surface area contributed by atoms with Crippen molar-refractivity contribution in [3.63, 3.8) is 0 Å². The average molecular weight is 302 g/mol. The molecule has 126 valence electrons. The summed E-state index contributed by atoms with van der Waals surface area (Å²) >= 11 is 0. The smallest absolute Gasteiger partial charge is 0.303 e. The molecule has 1 saturated carbocycles. The zero-order valence-corrected chi connectivity index (χ0v) is 14.6. The molecule has 0 aromatic carbocycles. The Labute approximate surface area is 129 Å². The molecular formula is C17H34O4. The van der Waals surface area contributed by atoms with E-state index < -0.39 is 12.3 Å². The van der Waals surface area contributed by atoms with Gasteiger partial charge in [-0.1, -0.05) is 53.9 Å². The van der Waals surface area contributed by atoms with Gasteiger partial charge in [-0.25, -0.2) is 0 Å². The lowest BCUT2D eigenvalue weighted by Gasteiger charge is -2.44. The van der Waals surface area contributed by atoms with Crippen LogP contribution >= 0.6 is 0 Å². The first kappa shape index (κ1) is 20.4. The van der Waals surface area contributed by atoms with Crippen molar-refractivity contribution < 1.29 is 19.7 Å². The molecule has 4 nitrogen and oxygen atoms in total. The van der Waals surface area contributed by atoms with Gasteiger partial charge in [0, 0.05) is 12.3 Å². The van der Waals surface area contributed by atoms with Crippen molar-refractivity contribution in [2.45, 2.75) is 86.0 Å². The monoisotopic (exact) mass is 302 g/mol. The first-order chi connectivity index (χ1) is 9.65. The van der Waals surface area contributed by atoms with E-state index in [1.165, 1.54) is 25.7 Å². The van der Waals surface area contributed by atoms with Gasteiger partial charge >= 0.3 is 5.97 Å². The Morgan fingerprint density at radius 2 is 1.86 bits per heavy atom. The van der Waals surface area contributed by atoms with E-state index in [4.69, 9.17) is 9.84 Å². The third-order valence-electron chi connectivity index (χ3n) is 4.87. The van der Waals surface area contributed by atoms with Crippen LogP contribution in [0.4, 0.5) is 0 Å². The number of rotatable bonds is 5. The van der Waals surface area contributed by atoms with Crippen LogP contribution in [-0.4, -0.2) is 28.6 Å². The van der Waals surface area contributed by atoms with Crippen molar-refractivity contribution in [3.05, 3.63) is 0 Å². The van der Waals surface area contributed by atoms with Crippen LogP contribution < -0.4 is 0 Å². The van der Waals surface area contributed by atoms with Crippen LogP contribution in [0.25, 0.3) is 0 Å². The molecule has 0 spiro atoms. The van der Waals surface area contributed by atoms with Gasteiger partial charge in [0.25, 0.3) is 0 Å². The van der Waals surface area contributed by atoms with Crippen molar-refractivity contribution in [3.8, 4) is 0 Å². The lowest BCUT2D eigenvalue weighted by atomic mass is 9.65. The maximum absolute atomic E-state index is 9.81. The van der Waals surface area contributed by atoms with Crippen LogP contribution in [0.1, 0.15) is 73.6 Å². The van der Waals surface area contributed by atoms with Crippen LogP contribution in [0, 0.1) is 17.3 Å². The second kappa shape index (κ2) is 9.42. The summed E-state index contributed by atoms with van der Waals surface area (Å²) in [6, 6.07) is 0. The van der Waals surface area contributed by atoms with Crippen LogP contribution in [0.2, 0.25) is 0 Å². The molecule has 4 unspecified atom stereocenters. The Hall–Kier alpha value is -0.610. The summed E-state index contributed by atoms with van der Waals surface area (Å²) in [6.45, 7) is 12.3. The molecule has 0 aromatic rings. The molecule has 1 aliphatic rings. The van der Waals surface area contributed by atoms with E-state index in [9.17, 15) is 9.90 Å². The number of aliphatic hydroxyl groups excluding tert-OH is 1. The summed E-state index contributed by atoms with van der Waals surface area (Å²) in [5.74, 6) is 0.116. The van der Waals surface area contributed by atoms with Gasteiger partial charge in [-0.15, -0.1) is 0 Å². The second-order valence-corrected chi connectivity index (χ2v) is 6.81. The summed E-state index contributed by atoms with van der Waals surface area (Å²) in [7, 11) is 0. The molecule has 0 bridgehead atoms. The highest BCUT2D eigenvalue weighted by atomic mass is 16.6. The number of carboxylic acid groups (broad SMARTS) is 1. The molecule has 0 saturated heterocycles. The number of carboxylic acids is 1. The molecule has 0 aliphatic heterocycles. The first-order valence-electron chi connectivity index (χ1n) is 8.20. The molecular weight excluding hydrogens is 268 g/mol. The van der Waals surface area contributed by atoms with Crippen LogP contribution in [0.15, 0.2) is 0 Å². The summed E-state index contributed by atoms with van der Waals surface area (Å²) in [4.78, 5) is 9.37. The fourth-order valence-corrected chi connectivity index (χ4v) is 2.66. The molecule has 0 amide bonds. The van der Waals surface area contributed by atoms with E-state index in [2.05, 4.69) is 20.8 Å². The van der Waals surface area contributed by atoms with Gasteiger partial charge in [0.2, 0.25) is 0 Å². The molecule has 1 fully saturated rings. The molecule has 2 N–H and O–H groups in total. The maximum Gasteiger partial charge on any atom is 0.303 e. The molecule has 4 atom stereocenters. The van der Waals surface area contributed by atoms with E-state index in [-0.39, 0.29) is 23.9 Å². The largest absolute Gasteiger partial charge is 0.481 e. The van der Waals surface area contributed by atoms with E-state index in [0.29, 0.717) is 5.92 Å². The third kappa shape index (κ3) is 6.79. The first-order valence-corrected chi connectivity index (χ1v) is 8.20. The van der Waals surface area contributed by atoms with E-state index >= 15 is 0 Å². The van der Waals surface area contributed by atoms with Crippen molar-refractivity contribution in [1.82, 2.24) is 0 Å². The topological polar surface area (TPSA) is 66.8 Å². The molecule has 1 aliphatic carbocycles. The van der Waals surface area contributed by atoms with Crippen molar-refractivity contribution in [1.29, 1.82) is 0 Å². The number of ether oxygens (including phenoxy) is 1. The molecule has 1 rings (SSSR count). The van der Waals surface area contributed by atoms with E-state index in [0.717, 1.165) is 0 Å². The predicted octanol–water partition coefficient (Wildman–Crippen LogP) is 4.06. The fourth-order valence-electron chi connectivity index (χ4n) is 2.66. The maximum atomic E-state index is 9.81. The average Bonchev–Trinajstić information content (AvgIpc) is 2.42. The normalized spacial score (nSPS) is 28.5. The van der Waals surface area contributed by atoms with Gasteiger partial charge < -0.3 is 14.9 Å².